The van der Waals surface area contributed by atoms with E-state index in [-0.39, 0.29) is 17.9 Å². The van der Waals surface area contributed by atoms with E-state index in [1.54, 1.807) is 6.07 Å². The van der Waals surface area contributed by atoms with E-state index >= 15 is 0 Å². The second kappa shape index (κ2) is 7.61. The molecule has 0 bridgehead atoms. The number of aromatic nitrogens is 2. The number of carbonyl (C=O) groups is 1. The number of carbonyl (C=O) groups excluding carboxylic acids is 1. The van der Waals surface area contributed by atoms with Crippen molar-refractivity contribution < 1.29 is 9.72 Å². The van der Waals surface area contributed by atoms with Gasteiger partial charge in [0.25, 0.3) is 11.2 Å². The molecule has 0 spiro atoms. The lowest BCUT2D eigenvalue weighted by Crippen LogP contribution is -2.29. The lowest BCUT2D eigenvalue weighted by Gasteiger charge is -2.09. The predicted molar refractivity (Wildman–Crippen MR) is 100 cm³/mol. The zero-order valence-corrected chi connectivity index (χ0v) is 14.5. The average molecular weight is 364 g/mol. The number of amides is 1. The number of non-ortho nitro benzene ring substituents is 1. The van der Waals surface area contributed by atoms with Gasteiger partial charge < -0.3 is 5.32 Å². The van der Waals surface area contributed by atoms with Crippen LogP contribution in [0, 0.1) is 17.0 Å². The van der Waals surface area contributed by atoms with Gasteiger partial charge in [0.2, 0.25) is 5.91 Å². The molecular formula is C19H16N4O4. The third-order valence-electron chi connectivity index (χ3n) is 3.92. The number of nitro benzene ring substituents is 1. The van der Waals surface area contributed by atoms with E-state index in [4.69, 9.17) is 0 Å². The van der Waals surface area contributed by atoms with Crippen LogP contribution in [0.1, 0.15) is 5.56 Å². The summed E-state index contributed by atoms with van der Waals surface area (Å²) in [5.41, 5.74) is 2.17. The maximum atomic E-state index is 12.2. The van der Waals surface area contributed by atoms with Crippen LogP contribution in [-0.4, -0.2) is 20.6 Å². The van der Waals surface area contributed by atoms with Crippen molar-refractivity contribution in [3.8, 4) is 11.3 Å². The molecular weight excluding hydrogens is 348 g/mol. The molecule has 0 saturated heterocycles. The van der Waals surface area contributed by atoms with Crippen LogP contribution in [0.3, 0.4) is 0 Å². The Bertz CT molecular complexity index is 1080. The highest BCUT2D eigenvalue weighted by atomic mass is 16.6. The Hall–Kier alpha value is -3.81. The molecule has 0 fully saturated rings. The molecule has 136 valence electrons. The summed E-state index contributed by atoms with van der Waals surface area (Å²) in [4.78, 5) is 34.6. The first-order valence-electron chi connectivity index (χ1n) is 8.12. The topological polar surface area (TPSA) is 107 Å². The van der Waals surface area contributed by atoms with Gasteiger partial charge in [-0.15, -0.1) is 0 Å². The molecule has 1 heterocycles. The Labute approximate surface area is 154 Å². The van der Waals surface area contributed by atoms with E-state index in [1.807, 2.05) is 31.2 Å². The summed E-state index contributed by atoms with van der Waals surface area (Å²) in [5.74, 6) is -0.507. The number of rotatable bonds is 5. The zero-order chi connectivity index (χ0) is 19.4. The van der Waals surface area contributed by atoms with Crippen LogP contribution >= 0.6 is 0 Å². The number of hydrogen-bond acceptors (Lipinski definition) is 5. The minimum absolute atomic E-state index is 0.135. The van der Waals surface area contributed by atoms with Crippen molar-refractivity contribution in [1.82, 2.24) is 9.78 Å². The van der Waals surface area contributed by atoms with Gasteiger partial charge in [0.05, 0.1) is 10.6 Å². The summed E-state index contributed by atoms with van der Waals surface area (Å²) in [7, 11) is 0. The van der Waals surface area contributed by atoms with Crippen molar-refractivity contribution in [1.29, 1.82) is 0 Å². The molecule has 0 aliphatic rings. The molecule has 1 aromatic heterocycles. The number of aryl methyl sites for hydroxylation is 1. The van der Waals surface area contributed by atoms with Gasteiger partial charge in [0.1, 0.15) is 6.54 Å². The number of anilines is 1. The third-order valence-corrected chi connectivity index (χ3v) is 3.92. The fraction of sp³-hybridized carbons (Fsp3) is 0.105. The van der Waals surface area contributed by atoms with Gasteiger partial charge in [0, 0.05) is 29.4 Å². The monoisotopic (exact) mass is 364 g/mol. The standard InChI is InChI=1S/C19H16N4O4/c1-13-5-2-3-8-16(13)17-9-10-19(25)22(21-17)12-18(24)20-14-6-4-7-15(11-14)23(26)27/h2-11H,12H2,1H3,(H,20,24). The molecule has 0 saturated carbocycles. The Morgan fingerprint density at radius 2 is 1.93 bits per heavy atom. The SMILES string of the molecule is Cc1ccccc1-c1ccc(=O)n(CC(=O)Nc2cccc([N+](=O)[O-])c2)n1. The summed E-state index contributed by atoms with van der Waals surface area (Å²) in [6.45, 7) is 1.63. The van der Waals surface area contributed by atoms with Crippen molar-refractivity contribution in [2.75, 3.05) is 5.32 Å². The van der Waals surface area contributed by atoms with Gasteiger partial charge in [0.15, 0.2) is 0 Å². The van der Waals surface area contributed by atoms with Crippen LogP contribution in [0.15, 0.2) is 65.5 Å². The summed E-state index contributed by atoms with van der Waals surface area (Å²) >= 11 is 0. The molecule has 0 aliphatic heterocycles. The third kappa shape index (κ3) is 4.24. The minimum atomic E-state index is -0.548. The van der Waals surface area contributed by atoms with E-state index in [2.05, 4.69) is 10.4 Å². The summed E-state index contributed by atoms with van der Waals surface area (Å²) in [6.07, 6.45) is 0. The van der Waals surface area contributed by atoms with Gasteiger partial charge in [-0.05, 0) is 24.6 Å². The molecule has 1 N–H and O–H groups in total. The molecule has 0 aliphatic carbocycles. The molecule has 3 rings (SSSR count). The van der Waals surface area contributed by atoms with Gasteiger partial charge in [-0.1, -0.05) is 30.3 Å². The smallest absolute Gasteiger partial charge is 0.271 e. The van der Waals surface area contributed by atoms with E-state index in [1.165, 1.54) is 30.3 Å². The van der Waals surface area contributed by atoms with Crippen LogP contribution in [0.25, 0.3) is 11.3 Å². The van der Waals surface area contributed by atoms with E-state index in [9.17, 15) is 19.7 Å². The number of benzene rings is 2. The maximum Gasteiger partial charge on any atom is 0.271 e. The molecule has 0 atom stereocenters. The first kappa shape index (κ1) is 18.0. The zero-order valence-electron chi connectivity index (χ0n) is 14.5. The molecule has 1 amide bonds. The lowest BCUT2D eigenvalue weighted by molar-refractivity contribution is -0.384. The summed E-state index contributed by atoms with van der Waals surface area (Å²) in [6, 6.07) is 16.1. The van der Waals surface area contributed by atoms with Crippen LogP contribution < -0.4 is 10.9 Å². The Kier molecular flexibility index (Phi) is 5.07. The van der Waals surface area contributed by atoms with Crippen molar-refractivity contribution in [3.63, 3.8) is 0 Å². The number of nitrogens with one attached hydrogen (secondary N) is 1. The Morgan fingerprint density at radius 1 is 1.15 bits per heavy atom. The second-order valence-electron chi connectivity index (χ2n) is 5.88. The van der Waals surface area contributed by atoms with Crippen molar-refractivity contribution in [3.05, 3.63) is 86.7 Å². The van der Waals surface area contributed by atoms with E-state index < -0.39 is 16.4 Å². The first-order chi connectivity index (χ1) is 12.9. The largest absolute Gasteiger partial charge is 0.324 e. The molecule has 2 aromatic carbocycles. The highest BCUT2D eigenvalue weighted by Crippen LogP contribution is 2.20. The highest BCUT2D eigenvalue weighted by molar-refractivity contribution is 5.90. The molecule has 3 aromatic rings. The molecule has 0 unspecified atom stereocenters. The van der Waals surface area contributed by atoms with Crippen LogP contribution in [0.4, 0.5) is 11.4 Å². The van der Waals surface area contributed by atoms with Crippen molar-refractivity contribution in [2.24, 2.45) is 0 Å². The average Bonchev–Trinajstić information content (AvgIpc) is 2.64. The second-order valence-corrected chi connectivity index (χ2v) is 5.88. The Balaban J connectivity index is 1.81. The molecule has 27 heavy (non-hydrogen) atoms. The number of nitro groups is 1. The highest BCUT2D eigenvalue weighted by Gasteiger charge is 2.11. The Morgan fingerprint density at radius 3 is 2.67 bits per heavy atom. The minimum Gasteiger partial charge on any atom is -0.324 e. The van der Waals surface area contributed by atoms with E-state index in [0.717, 1.165) is 15.8 Å². The van der Waals surface area contributed by atoms with Crippen LogP contribution in [0.2, 0.25) is 0 Å². The van der Waals surface area contributed by atoms with Crippen LogP contribution in [-0.2, 0) is 11.3 Å². The fourth-order valence-corrected chi connectivity index (χ4v) is 2.60. The maximum absolute atomic E-state index is 12.2. The summed E-state index contributed by atoms with van der Waals surface area (Å²) < 4.78 is 1.06. The van der Waals surface area contributed by atoms with Crippen LogP contribution in [0.5, 0.6) is 0 Å². The van der Waals surface area contributed by atoms with Crippen molar-refractivity contribution >= 4 is 17.3 Å². The normalized spacial score (nSPS) is 10.4. The quantitative estimate of drug-likeness (QED) is 0.553. The first-order valence-corrected chi connectivity index (χ1v) is 8.12. The number of hydrogen-bond donors (Lipinski definition) is 1. The predicted octanol–water partition coefficient (Wildman–Crippen LogP) is 2.77. The molecule has 8 nitrogen and oxygen atoms in total. The van der Waals surface area contributed by atoms with Crippen molar-refractivity contribution in [2.45, 2.75) is 13.5 Å². The summed E-state index contributed by atoms with van der Waals surface area (Å²) in [5, 5.41) is 17.6. The van der Waals surface area contributed by atoms with Gasteiger partial charge >= 0.3 is 0 Å². The fourth-order valence-electron chi connectivity index (χ4n) is 2.60. The molecule has 0 radical (unpaired) electrons. The van der Waals surface area contributed by atoms with Gasteiger partial charge in [-0.3, -0.25) is 19.7 Å². The van der Waals surface area contributed by atoms with Gasteiger partial charge in [-0.25, -0.2) is 4.68 Å². The molecule has 8 heteroatoms. The van der Waals surface area contributed by atoms with E-state index in [0.29, 0.717) is 5.69 Å². The van der Waals surface area contributed by atoms with Gasteiger partial charge in [-0.2, -0.15) is 5.10 Å². The number of nitrogens with zero attached hydrogens (tertiary/aromatic N) is 3. The lowest BCUT2D eigenvalue weighted by atomic mass is 10.1.